The molecule has 0 aliphatic rings. The van der Waals surface area contributed by atoms with Gasteiger partial charge in [-0.1, -0.05) is 58.3 Å². The molecule has 1 nitrogen and oxygen atoms in total. The number of nitrogens with zero attached hydrogens (tertiary/aromatic N) is 1. The van der Waals surface area contributed by atoms with Crippen molar-refractivity contribution >= 4 is 0 Å². The summed E-state index contributed by atoms with van der Waals surface area (Å²) in [6.07, 6.45) is 14.4. The van der Waals surface area contributed by atoms with Crippen LogP contribution in [0.25, 0.3) is 0 Å². The van der Waals surface area contributed by atoms with Crippen LogP contribution in [0.4, 0.5) is 0 Å². The van der Waals surface area contributed by atoms with Crippen molar-refractivity contribution in [1.29, 1.82) is 0 Å². The van der Waals surface area contributed by atoms with E-state index in [-0.39, 0.29) is 12.4 Å². The molecule has 0 rings (SSSR count). The lowest BCUT2D eigenvalue weighted by Crippen LogP contribution is -3.00. The van der Waals surface area contributed by atoms with Crippen LogP contribution in [0.1, 0.15) is 85.0 Å². The van der Waals surface area contributed by atoms with Gasteiger partial charge in [0, 0.05) is 0 Å². The van der Waals surface area contributed by atoms with Crippen LogP contribution >= 0.6 is 0 Å². The largest absolute Gasteiger partial charge is 1.00 e. The first-order valence-electron chi connectivity index (χ1n) is 8.33. The predicted molar refractivity (Wildman–Crippen MR) is 84.0 cm³/mol. The van der Waals surface area contributed by atoms with E-state index in [0.717, 1.165) is 6.04 Å². The summed E-state index contributed by atoms with van der Waals surface area (Å²) in [4.78, 5) is 0. The number of hydrogen-bond acceptors (Lipinski definition) is 0. The van der Waals surface area contributed by atoms with Gasteiger partial charge in [-0.15, -0.1) is 0 Å². The maximum Gasteiger partial charge on any atom is 0.0829 e. The lowest BCUT2D eigenvalue weighted by Gasteiger charge is -2.34. The van der Waals surface area contributed by atoms with Crippen LogP contribution in [0, 0.1) is 0 Å². The minimum Gasteiger partial charge on any atom is -1.00 e. The first-order valence-corrected chi connectivity index (χ1v) is 8.33. The molecule has 118 valence electrons. The van der Waals surface area contributed by atoms with Crippen LogP contribution in [0.3, 0.4) is 0 Å². The van der Waals surface area contributed by atoms with Gasteiger partial charge >= 0.3 is 0 Å². The van der Waals surface area contributed by atoms with Crippen LogP contribution in [-0.2, 0) is 0 Å². The normalized spacial score (nSPS) is 11.7. The first-order chi connectivity index (χ1) is 8.50. The number of hydrogen-bond donors (Lipinski definition) is 0. The average molecular weight is 292 g/mol. The molecule has 0 saturated heterocycles. The Kier molecular flexibility index (Phi) is 15.0. The zero-order chi connectivity index (χ0) is 13.9. The van der Waals surface area contributed by atoms with Gasteiger partial charge in [0.2, 0.25) is 0 Å². The van der Waals surface area contributed by atoms with E-state index < -0.39 is 0 Å². The summed E-state index contributed by atoms with van der Waals surface area (Å²) >= 11 is 0. The molecule has 0 aliphatic heterocycles. The molecule has 19 heavy (non-hydrogen) atoms. The van der Waals surface area contributed by atoms with Gasteiger partial charge in [-0.05, 0) is 26.7 Å². The zero-order valence-corrected chi connectivity index (χ0v) is 14.9. The Morgan fingerprint density at radius 2 is 1.05 bits per heavy atom. The molecule has 0 saturated carbocycles. The van der Waals surface area contributed by atoms with Gasteiger partial charge in [0.25, 0.3) is 0 Å². The van der Waals surface area contributed by atoms with Crippen molar-refractivity contribution in [1.82, 2.24) is 0 Å². The minimum atomic E-state index is 0. The molecule has 0 unspecified atom stereocenters. The fraction of sp³-hybridized carbons (Fsp3) is 1.00. The number of halogens is 1. The summed E-state index contributed by atoms with van der Waals surface area (Å²) in [6.45, 7) is 8.29. The molecule has 0 spiro atoms. The van der Waals surface area contributed by atoms with Crippen molar-refractivity contribution < 1.29 is 16.9 Å². The lowest BCUT2D eigenvalue weighted by molar-refractivity contribution is -0.911. The number of quaternary nitrogens is 1. The summed E-state index contributed by atoms with van der Waals surface area (Å²) in [5.41, 5.74) is 0. The average Bonchev–Trinajstić information content (AvgIpc) is 2.31. The zero-order valence-electron chi connectivity index (χ0n) is 14.2. The molecule has 2 heteroatoms. The van der Waals surface area contributed by atoms with Crippen molar-refractivity contribution in [2.24, 2.45) is 0 Å². The highest BCUT2D eigenvalue weighted by Crippen LogP contribution is 2.13. The Labute approximate surface area is 129 Å². The van der Waals surface area contributed by atoms with Gasteiger partial charge < -0.3 is 16.9 Å². The van der Waals surface area contributed by atoms with Gasteiger partial charge in [0.1, 0.15) is 0 Å². The van der Waals surface area contributed by atoms with Crippen molar-refractivity contribution in [3.05, 3.63) is 0 Å². The fourth-order valence-electron chi connectivity index (χ4n) is 2.26. The number of unbranched alkanes of at least 4 members (excludes halogenated alkanes) is 9. The third kappa shape index (κ3) is 13.0. The van der Waals surface area contributed by atoms with E-state index in [9.17, 15) is 0 Å². The Morgan fingerprint density at radius 3 is 1.42 bits per heavy atom. The third-order valence-electron chi connectivity index (χ3n) is 4.49. The molecule has 0 bridgehead atoms. The standard InChI is InChI=1S/C17H38N.ClH/c1-6-7-8-9-10-11-12-13-14-15-16-18(4,5)17(2)3;/h17H,6-16H2,1-5H3;1H/q+1;/p-1. The second-order valence-corrected chi connectivity index (χ2v) is 6.78. The maximum atomic E-state index is 2.36. The van der Waals surface area contributed by atoms with Gasteiger partial charge in [-0.2, -0.15) is 0 Å². The third-order valence-corrected chi connectivity index (χ3v) is 4.49. The monoisotopic (exact) mass is 291 g/mol. The summed E-state index contributed by atoms with van der Waals surface area (Å²) in [5.74, 6) is 0. The smallest absolute Gasteiger partial charge is 0.0829 e. The van der Waals surface area contributed by atoms with E-state index in [4.69, 9.17) is 0 Å². The molecule has 0 aromatic rings. The molecule has 0 aliphatic carbocycles. The van der Waals surface area contributed by atoms with Crippen LogP contribution in [-0.4, -0.2) is 31.2 Å². The van der Waals surface area contributed by atoms with Crippen molar-refractivity contribution in [3.63, 3.8) is 0 Å². The highest BCUT2D eigenvalue weighted by Gasteiger charge is 2.18. The Hall–Kier alpha value is 0.250. The van der Waals surface area contributed by atoms with Gasteiger partial charge in [-0.3, -0.25) is 0 Å². The minimum absolute atomic E-state index is 0. The predicted octanol–water partition coefficient (Wildman–Crippen LogP) is 2.40. The van der Waals surface area contributed by atoms with Crippen molar-refractivity contribution in [3.8, 4) is 0 Å². The van der Waals surface area contributed by atoms with Gasteiger partial charge in [-0.25, -0.2) is 0 Å². The van der Waals surface area contributed by atoms with E-state index in [1.165, 1.54) is 75.2 Å². The SMILES string of the molecule is CCCCCCCCCCCC[N+](C)(C)C(C)C.[Cl-]. The highest BCUT2D eigenvalue weighted by molar-refractivity contribution is 4.48. The fourth-order valence-corrected chi connectivity index (χ4v) is 2.26. The summed E-state index contributed by atoms with van der Waals surface area (Å²) in [7, 11) is 4.72. The summed E-state index contributed by atoms with van der Waals surface area (Å²) < 4.78 is 1.18. The molecular formula is C17H38ClN. The summed E-state index contributed by atoms with van der Waals surface area (Å²) in [6, 6.07) is 0.753. The Bertz CT molecular complexity index is 178. The van der Waals surface area contributed by atoms with Gasteiger partial charge in [0.15, 0.2) is 0 Å². The van der Waals surface area contributed by atoms with Crippen molar-refractivity contribution in [2.45, 2.75) is 91.0 Å². The molecule has 0 heterocycles. The van der Waals surface area contributed by atoms with Crippen LogP contribution in [0.2, 0.25) is 0 Å². The van der Waals surface area contributed by atoms with Crippen LogP contribution < -0.4 is 12.4 Å². The second kappa shape index (κ2) is 13.2. The first kappa shape index (κ1) is 21.5. The summed E-state index contributed by atoms with van der Waals surface area (Å²) in [5, 5.41) is 0. The highest BCUT2D eigenvalue weighted by atomic mass is 35.5. The molecule has 0 fully saturated rings. The van der Waals surface area contributed by atoms with E-state index in [2.05, 4.69) is 34.9 Å². The number of rotatable bonds is 12. The molecule has 0 aromatic heterocycles. The topological polar surface area (TPSA) is 0 Å². The Morgan fingerprint density at radius 1 is 0.684 bits per heavy atom. The molecule has 0 amide bonds. The van der Waals surface area contributed by atoms with Crippen LogP contribution in [0.15, 0.2) is 0 Å². The quantitative estimate of drug-likeness (QED) is 0.383. The molecule has 0 aromatic carbocycles. The molecule has 0 N–H and O–H groups in total. The van der Waals surface area contributed by atoms with Crippen LogP contribution in [0.5, 0.6) is 0 Å². The molecule has 0 radical (unpaired) electrons. The van der Waals surface area contributed by atoms with Gasteiger partial charge in [0.05, 0.1) is 26.7 Å². The molecular weight excluding hydrogens is 254 g/mol. The molecule has 0 atom stereocenters. The lowest BCUT2D eigenvalue weighted by atomic mass is 10.1. The van der Waals surface area contributed by atoms with Crippen molar-refractivity contribution in [2.75, 3.05) is 20.6 Å². The van der Waals surface area contributed by atoms with E-state index in [1.54, 1.807) is 0 Å². The maximum absolute atomic E-state index is 2.36. The van der Waals surface area contributed by atoms with E-state index in [1.807, 2.05) is 0 Å². The second-order valence-electron chi connectivity index (χ2n) is 6.78. The Balaban J connectivity index is 0. The van der Waals surface area contributed by atoms with E-state index >= 15 is 0 Å². The van der Waals surface area contributed by atoms with E-state index in [0.29, 0.717) is 0 Å².